The van der Waals surface area contributed by atoms with Crippen molar-refractivity contribution >= 4 is 27.4 Å². The lowest BCUT2D eigenvalue weighted by molar-refractivity contribution is 0.0932. The van der Waals surface area contributed by atoms with Gasteiger partial charge >= 0.3 is 0 Å². The van der Waals surface area contributed by atoms with Crippen molar-refractivity contribution in [1.29, 1.82) is 0 Å². The van der Waals surface area contributed by atoms with Crippen LogP contribution in [-0.4, -0.2) is 5.78 Å². The summed E-state index contributed by atoms with van der Waals surface area (Å²) in [6.07, 6.45) is 0.960. The fourth-order valence-electron chi connectivity index (χ4n) is 2.49. The zero-order chi connectivity index (χ0) is 15.4. The van der Waals surface area contributed by atoms with Crippen molar-refractivity contribution in [2.75, 3.05) is 5.73 Å². The van der Waals surface area contributed by atoms with Crippen LogP contribution in [0.2, 0.25) is 0 Å². The molecule has 2 atom stereocenters. The maximum absolute atomic E-state index is 12.9. The number of benzene rings is 2. The Bertz CT molecular complexity index is 624. The number of carbonyl (C=O) groups excluding carboxylic acids is 1. The van der Waals surface area contributed by atoms with Crippen molar-refractivity contribution in [1.82, 2.24) is 0 Å². The summed E-state index contributed by atoms with van der Waals surface area (Å²) in [5.41, 5.74) is 8.22. The smallest absolute Gasteiger partial charge is 0.170 e. The van der Waals surface area contributed by atoms with Crippen molar-refractivity contribution < 1.29 is 4.79 Å². The van der Waals surface area contributed by atoms with Crippen molar-refractivity contribution in [3.8, 4) is 0 Å². The number of halogens is 1. The maximum Gasteiger partial charge on any atom is 0.170 e. The quantitative estimate of drug-likeness (QED) is 0.608. The van der Waals surface area contributed by atoms with Gasteiger partial charge < -0.3 is 5.73 Å². The molecule has 3 heteroatoms. The third-order valence-corrected chi connectivity index (χ3v) is 4.63. The molecule has 0 fully saturated rings. The van der Waals surface area contributed by atoms with Gasteiger partial charge in [-0.3, -0.25) is 4.79 Å². The van der Waals surface area contributed by atoms with E-state index in [-0.39, 0.29) is 17.6 Å². The number of hydrogen-bond donors (Lipinski definition) is 1. The molecule has 0 saturated heterocycles. The van der Waals surface area contributed by atoms with Gasteiger partial charge in [-0.05, 0) is 45.6 Å². The van der Waals surface area contributed by atoms with Crippen LogP contribution in [0, 0.1) is 5.92 Å². The van der Waals surface area contributed by atoms with E-state index in [1.165, 1.54) is 0 Å². The molecule has 2 aromatic carbocycles. The third kappa shape index (κ3) is 3.53. The highest BCUT2D eigenvalue weighted by molar-refractivity contribution is 9.10. The molecule has 0 aliphatic heterocycles. The molecule has 2 N–H and O–H groups in total. The lowest BCUT2D eigenvalue weighted by Gasteiger charge is -2.22. The van der Waals surface area contributed by atoms with E-state index in [0.717, 1.165) is 16.5 Å². The van der Waals surface area contributed by atoms with Crippen LogP contribution in [0.4, 0.5) is 5.69 Å². The summed E-state index contributed by atoms with van der Waals surface area (Å²) in [5, 5.41) is 0. The second-order valence-electron chi connectivity index (χ2n) is 5.37. The van der Waals surface area contributed by atoms with Crippen LogP contribution >= 0.6 is 15.9 Å². The molecule has 0 radical (unpaired) electrons. The van der Waals surface area contributed by atoms with E-state index in [0.29, 0.717) is 11.3 Å². The van der Waals surface area contributed by atoms with E-state index in [1.807, 2.05) is 36.4 Å². The molecule has 110 valence electrons. The average molecular weight is 346 g/mol. The normalized spacial score (nSPS) is 13.7. The Morgan fingerprint density at radius 2 is 1.86 bits per heavy atom. The van der Waals surface area contributed by atoms with Crippen molar-refractivity contribution in [2.45, 2.75) is 26.2 Å². The topological polar surface area (TPSA) is 43.1 Å². The molecule has 2 nitrogen and oxygen atoms in total. The van der Waals surface area contributed by atoms with Crippen LogP contribution in [-0.2, 0) is 0 Å². The highest BCUT2D eigenvalue weighted by Gasteiger charge is 2.26. The van der Waals surface area contributed by atoms with E-state index >= 15 is 0 Å². The number of nitrogens with two attached hydrogens (primary N) is 1. The van der Waals surface area contributed by atoms with E-state index in [4.69, 9.17) is 5.73 Å². The number of hydrogen-bond acceptors (Lipinski definition) is 2. The lowest BCUT2D eigenvalue weighted by Crippen LogP contribution is -2.20. The van der Waals surface area contributed by atoms with Crippen LogP contribution in [0.5, 0.6) is 0 Å². The second kappa shape index (κ2) is 6.90. The Morgan fingerprint density at radius 3 is 2.43 bits per heavy atom. The van der Waals surface area contributed by atoms with Crippen LogP contribution in [0.25, 0.3) is 0 Å². The molecule has 2 rings (SSSR count). The van der Waals surface area contributed by atoms with Gasteiger partial charge in [-0.15, -0.1) is 0 Å². The Kier molecular flexibility index (Phi) is 5.18. The summed E-state index contributed by atoms with van der Waals surface area (Å²) in [6, 6.07) is 15.4. The van der Waals surface area contributed by atoms with Crippen molar-refractivity contribution in [2.24, 2.45) is 5.92 Å². The van der Waals surface area contributed by atoms with Gasteiger partial charge in [-0.1, -0.05) is 50.6 Å². The highest BCUT2D eigenvalue weighted by Crippen LogP contribution is 2.32. The van der Waals surface area contributed by atoms with Gasteiger partial charge in [0.05, 0.1) is 0 Å². The molecule has 0 amide bonds. The standard InChI is InChI=1S/C18H20BrNO/c1-3-12(2)17(13-7-5-4-6-8-13)18(21)14-9-10-16(20)15(19)11-14/h4-12,17H,3,20H2,1-2H3. The molecule has 0 heterocycles. The minimum atomic E-state index is -0.119. The molecule has 0 aliphatic carbocycles. The molecule has 2 aromatic rings. The van der Waals surface area contributed by atoms with Crippen molar-refractivity contribution in [3.63, 3.8) is 0 Å². The zero-order valence-corrected chi connectivity index (χ0v) is 13.9. The Hall–Kier alpha value is -1.61. The Morgan fingerprint density at radius 1 is 1.19 bits per heavy atom. The van der Waals surface area contributed by atoms with E-state index in [1.54, 1.807) is 12.1 Å². The van der Waals surface area contributed by atoms with Gasteiger partial charge in [0, 0.05) is 21.6 Å². The monoisotopic (exact) mass is 345 g/mol. The molecular formula is C18H20BrNO. The maximum atomic E-state index is 12.9. The molecule has 0 saturated carbocycles. The van der Waals surface area contributed by atoms with Gasteiger partial charge in [0.2, 0.25) is 0 Å². The van der Waals surface area contributed by atoms with E-state index in [2.05, 4.69) is 29.8 Å². The fraction of sp³-hybridized carbons (Fsp3) is 0.278. The van der Waals surface area contributed by atoms with Gasteiger partial charge in [-0.25, -0.2) is 0 Å². The molecular weight excluding hydrogens is 326 g/mol. The predicted molar refractivity (Wildman–Crippen MR) is 91.5 cm³/mol. The number of carbonyl (C=O) groups is 1. The van der Waals surface area contributed by atoms with Gasteiger partial charge in [-0.2, -0.15) is 0 Å². The van der Waals surface area contributed by atoms with Gasteiger partial charge in [0.25, 0.3) is 0 Å². The largest absolute Gasteiger partial charge is 0.398 e. The molecule has 21 heavy (non-hydrogen) atoms. The van der Waals surface area contributed by atoms with Crippen LogP contribution in [0.3, 0.4) is 0 Å². The molecule has 0 aromatic heterocycles. The molecule has 2 unspecified atom stereocenters. The summed E-state index contributed by atoms with van der Waals surface area (Å²) in [4.78, 5) is 12.9. The zero-order valence-electron chi connectivity index (χ0n) is 12.3. The fourth-order valence-corrected chi connectivity index (χ4v) is 2.87. The van der Waals surface area contributed by atoms with E-state index < -0.39 is 0 Å². The first-order chi connectivity index (χ1) is 10.0. The van der Waals surface area contributed by atoms with Crippen LogP contribution in [0.1, 0.15) is 42.1 Å². The molecule has 0 spiro atoms. The first-order valence-electron chi connectivity index (χ1n) is 7.18. The Labute approximate surface area is 134 Å². The van der Waals surface area contributed by atoms with Crippen molar-refractivity contribution in [3.05, 3.63) is 64.1 Å². The predicted octanol–water partition coefficient (Wildman–Crippen LogP) is 5.04. The summed E-state index contributed by atoms with van der Waals surface area (Å²) in [7, 11) is 0. The minimum Gasteiger partial charge on any atom is -0.398 e. The summed E-state index contributed by atoms with van der Waals surface area (Å²) >= 11 is 3.40. The number of nitrogen functional groups attached to an aromatic ring is 1. The average Bonchev–Trinajstić information content (AvgIpc) is 2.51. The summed E-state index contributed by atoms with van der Waals surface area (Å²) < 4.78 is 0.768. The van der Waals surface area contributed by atoms with Crippen LogP contribution in [0.15, 0.2) is 53.0 Å². The first-order valence-corrected chi connectivity index (χ1v) is 7.98. The van der Waals surface area contributed by atoms with E-state index in [9.17, 15) is 4.79 Å². The van der Waals surface area contributed by atoms with Gasteiger partial charge in [0.15, 0.2) is 5.78 Å². The summed E-state index contributed by atoms with van der Waals surface area (Å²) in [5.74, 6) is 0.319. The van der Waals surface area contributed by atoms with Gasteiger partial charge in [0.1, 0.15) is 0 Å². The third-order valence-electron chi connectivity index (χ3n) is 3.94. The number of ketones is 1. The molecule has 0 aliphatic rings. The minimum absolute atomic E-state index is 0.119. The number of anilines is 1. The van der Waals surface area contributed by atoms with Crippen LogP contribution < -0.4 is 5.73 Å². The SMILES string of the molecule is CCC(C)C(C(=O)c1ccc(N)c(Br)c1)c1ccccc1. The summed E-state index contributed by atoms with van der Waals surface area (Å²) in [6.45, 7) is 4.24. The lowest BCUT2D eigenvalue weighted by atomic mass is 9.80. The highest BCUT2D eigenvalue weighted by atomic mass is 79.9. The second-order valence-corrected chi connectivity index (χ2v) is 6.23. The molecule has 0 bridgehead atoms. The number of Topliss-reactive ketones (excluding diaryl/α,β-unsaturated/α-hetero) is 1. The number of rotatable bonds is 5. The Balaban J connectivity index is 2.41. The first kappa shape index (κ1) is 15.8.